The molecule has 0 saturated carbocycles. The number of nitrogens with one attached hydrogen (secondary N) is 1. The average molecular weight is 315 g/mol. The lowest BCUT2D eigenvalue weighted by Gasteiger charge is -2.06. The number of anilines is 2. The summed E-state index contributed by atoms with van der Waals surface area (Å²) in [6.45, 7) is 4.29. The maximum absolute atomic E-state index is 11.9. The molecule has 0 atom stereocenters. The Balaban J connectivity index is 2.03. The zero-order valence-electron chi connectivity index (χ0n) is 12.6. The molecule has 22 heavy (non-hydrogen) atoms. The van der Waals surface area contributed by atoms with Gasteiger partial charge in [-0.25, -0.2) is 0 Å². The highest BCUT2D eigenvalue weighted by Gasteiger charge is 2.04. The highest BCUT2D eigenvalue weighted by atomic mass is 35.5. The van der Waals surface area contributed by atoms with Gasteiger partial charge in [-0.3, -0.25) is 4.79 Å². The summed E-state index contributed by atoms with van der Waals surface area (Å²) in [5.74, 6) is 0.243. The van der Waals surface area contributed by atoms with Crippen LogP contribution in [0, 0.1) is 0 Å². The minimum absolute atomic E-state index is 0.250. The molecule has 0 unspecified atom stereocenters. The van der Waals surface area contributed by atoms with Crippen LogP contribution in [0.4, 0.5) is 11.4 Å². The molecule has 0 saturated heterocycles. The fourth-order valence-electron chi connectivity index (χ4n) is 1.98. The van der Waals surface area contributed by atoms with Crippen LogP contribution >= 0.6 is 11.6 Å². The van der Waals surface area contributed by atoms with E-state index in [-0.39, 0.29) is 5.91 Å². The molecule has 1 amide bonds. The highest BCUT2D eigenvalue weighted by Crippen LogP contribution is 2.24. The molecule has 2 rings (SSSR count). The lowest BCUT2D eigenvalue weighted by atomic mass is 10.0. The molecule has 0 aromatic heterocycles. The lowest BCUT2D eigenvalue weighted by Crippen LogP contribution is -2.08. The number of carbonyl (C=O) groups excluding carboxylic acids is 1. The SMILES string of the molecule is CC(C)c1ccc(/C=C/C(=O)Nc2cc(N)ccc2Cl)cc1. The molecule has 0 fully saturated rings. The van der Waals surface area contributed by atoms with Crippen molar-refractivity contribution in [2.45, 2.75) is 19.8 Å². The van der Waals surface area contributed by atoms with Gasteiger partial charge >= 0.3 is 0 Å². The molecule has 0 heterocycles. The molecule has 0 radical (unpaired) electrons. The summed E-state index contributed by atoms with van der Waals surface area (Å²) in [7, 11) is 0. The second-order valence-electron chi connectivity index (χ2n) is 5.38. The Bertz CT molecular complexity index is 691. The van der Waals surface area contributed by atoms with Gasteiger partial charge in [-0.15, -0.1) is 0 Å². The first-order valence-corrected chi connectivity index (χ1v) is 7.47. The number of carbonyl (C=O) groups is 1. The zero-order chi connectivity index (χ0) is 16.1. The molecule has 0 spiro atoms. The summed E-state index contributed by atoms with van der Waals surface area (Å²) >= 11 is 6.01. The van der Waals surface area contributed by atoms with Crippen molar-refractivity contribution >= 4 is 35.0 Å². The Morgan fingerprint density at radius 2 is 1.86 bits per heavy atom. The minimum atomic E-state index is -0.250. The first-order chi connectivity index (χ1) is 10.5. The van der Waals surface area contributed by atoms with Crippen molar-refractivity contribution in [3.8, 4) is 0 Å². The number of rotatable bonds is 4. The smallest absolute Gasteiger partial charge is 0.248 e. The van der Waals surface area contributed by atoms with Gasteiger partial charge in [0, 0.05) is 11.8 Å². The summed E-state index contributed by atoms with van der Waals surface area (Å²) in [6, 6.07) is 13.1. The normalized spacial score (nSPS) is 11.1. The monoisotopic (exact) mass is 314 g/mol. The van der Waals surface area contributed by atoms with Crippen LogP contribution in [0.25, 0.3) is 6.08 Å². The van der Waals surface area contributed by atoms with E-state index in [9.17, 15) is 4.79 Å². The van der Waals surface area contributed by atoms with Crippen molar-refractivity contribution in [1.82, 2.24) is 0 Å². The predicted molar refractivity (Wildman–Crippen MR) is 94.1 cm³/mol. The van der Waals surface area contributed by atoms with E-state index in [1.54, 1.807) is 24.3 Å². The molecule has 0 aliphatic rings. The van der Waals surface area contributed by atoms with Gasteiger partial charge in [0.1, 0.15) is 0 Å². The Kier molecular flexibility index (Phi) is 5.23. The van der Waals surface area contributed by atoms with E-state index in [1.165, 1.54) is 11.6 Å². The van der Waals surface area contributed by atoms with Gasteiger partial charge in [0.05, 0.1) is 10.7 Å². The Morgan fingerprint density at radius 3 is 2.50 bits per heavy atom. The van der Waals surface area contributed by atoms with Crippen molar-refractivity contribution in [2.24, 2.45) is 0 Å². The molecular weight excluding hydrogens is 296 g/mol. The summed E-state index contributed by atoms with van der Waals surface area (Å²) in [5.41, 5.74) is 8.98. The van der Waals surface area contributed by atoms with E-state index in [0.717, 1.165) is 5.56 Å². The Morgan fingerprint density at radius 1 is 1.18 bits per heavy atom. The van der Waals surface area contributed by atoms with Crippen molar-refractivity contribution in [3.63, 3.8) is 0 Å². The van der Waals surface area contributed by atoms with Crippen LogP contribution in [-0.2, 0) is 4.79 Å². The second kappa shape index (κ2) is 7.14. The zero-order valence-corrected chi connectivity index (χ0v) is 13.4. The number of halogens is 1. The van der Waals surface area contributed by atoms with Gasteiger partial charge < -0.3 is 11.1 Å². The number of amides is 1. The maximum Gasteiger partial charge on any atom is 0.248 e. The number of benzene rings is 2. The van der Waals surface area contributed by atoms with E-state index in [4.69, 9.17) is 17.3 Å². The quantitative estimate of drug-likeness (QED) is 0.635. The number of hydrogen-bond acceptors (Lipinski definition) is 2. The maximum atomic E-state index is 11.9. The topological polar surface area (TPSA) is 55.1 Å². The number of nitrogens with two attached hydrogens (primary N) is 1. The van der Waals surface area contributed by atoms with Crippen LogP contribution in [0.3, 0.4) is 0 Å². The molecule has 3 nitrogen and oxygen atoms in total. The van der Waals surface area contributed by atoms with Crippen LogP contribution in [-0.4, -0.2) is 5.91 Å². The fourth-order valence-corrected chi connectivity index (χ4v) is 2.14. The summed E-state index contributed by atoms with van der Waals surface area (Å²) in [6.07, 6.45) is 3.24. The van der Waals surface area contributed by atoms with E-state index in [2.05, 4.69) is 31.3 Å². The van der Waals surface area contributed by atoms with Crippen LogP contribution in [0.5, 0.6) is 0 Å². The summed E-state index contributed by atoms with van der Waals surface area (Å²) < 4.78 is 0. The standard InChI is InChI=1S/C18H19ClN2O/c1-12(2)14-6-3-13(4-7-14)5-10-18(22)21-17-11-15(20)8-9-16(17)19/h3-12H,20H2,1-2H3,(H,21,22)/b10-5+. The average Bonchev–Trinajstić information content (AvgIpc) is 2.49. The summed E-state index contributed by atoms with van der Waals surface area (Å²) in [5, 5.41) is 3.17. The molecule has 2 aromatic rings. The van der Waals surface area contributed by atoms with E-state index >= 15 is 0 Å². The molecule has 2 aromatic carbocycles. The Hall–Kier alpha value is -2.26. The van der Waals surface area contributed by atoms with Gasteiger partial charge in [-0.05, 0) is 41.3 Å². The highest BCUT2D eigenvalue weighted by molar-refractivity contribution is 6.34. The van der Waals surface area contributed by atoms with Gasteiger partial charge in [0.15, 0.2) is 0 Å². The molecule has 114 valence electrons. The molecule has 3 N–H and O–H groups in total. The largest absolute Gasteiger partial charge is 0.399 e. The van der Waals surface area contributed by atoms with Gasteiger partial charge in [-0.1, -0.05) is 49.7 Å². The third-order valence-corrected chi connectivity index (χ3v) is 3.61. The first kappa shape index (κ1) is 16.1. The third kappa shape index (κ3) is 4.37. The second-order valence-corrected chi connectivity index (χ2v) is 5.79. The van der Waals surface area contributed by atoms with Crippen LogP contribution in [0.1, 0.15) is 30.9 Å². The Labute approximate surface area is 135 Å². The van der Waals surface area contributed by atoms with Crippen molar-refractivity contribution < 1.29 is 4.79 Å². The van der Waals surface area contributed by atoms with Crippen molar-refractivity contribution in [2.75, 3.05) is 11.1 Å². The first-order valence-electron chi connectivity index (χ1n) is 7.10. The van der Waals surface area contributed by atoms with Crippen LogP contribution in [0.2, 0.25) is 5.02 Å². The number of hydrogen-bond donors (Lipinski definition) is 2. The molecular formula is C18H19ClN2O. The van der Waals surface area contributed by atoms with E-state index in [1.807, 2.05) is 12.1 Å². The van der Waals surface area contributed by atoms with E-state index < -0.39 is 0 Å². The predicted octanol–water partition coefficient (Wildman–Crippen LogP) is 4.70. The fraction of sp³-hybridized carbons (Fsp3) is 0.167. The van der Waals surface area contributed by atoms with Crippen molar-refractivity contribution in [3.05, 3.63) is 64.7 Å². The summed E-state index contributed by atoms with van der Waals surface area (Å²) in [4.78, 5) is 11.9. The van der Waals surface area contributed by atoms with Gasteiger partial charge in [0.25, 0.3) is 0 Å². The van der Waals surface area contributed by atoms with Gasteiger partial charge in [-0.2, -0.15) is 0 Å². The van der Waals surface area contributed by atoms with E-state index in [0.29, 0.717) is 22.3 Å². The molecule has 0 aliphatic heterocycles. The molecule has 4 heteroatoms. The van der Waals surface area contributed by atoms with Crippen LogP contribution < -0.4 is 11.1 Å². The van der Waals surface area contributed by atoms with Crippen molar-refractivity contribution in [1.29, 1.82) is 0 Å². The minimum Gasteiger partial charge on any atom is -0.399 e. The lowest BCUT2D eigenvalue weighted by molar-refractivity contribution is -0.111. The van der Waals surface area contributed by atoms with Crippen LogP contribution in [0.15, 0.2) is 48.5 Å². The molecule has 0 bridgehead atoms. The third-order valence-electron chi connectivity index (χ3n) is 3.28. The number of nitrogen functional groups attached to an aromatic ring is 1. The molecule has 0 aliphatic carbocycles. The van der Waals surface area contributed by atoms with Gasteiger partial charge in [0.2, 0.25) is 5.91 Å².